The third-order valence-corrected chi connectivity index (χ3v) is 27.5. The van der Waals surface area contributed by atoms with Crippen LogP contribution in [0.25, 0.3) is 0 Å². The molecule has 10 nitrogen and oxygen atoms in total. The minimum atomic E-state index is -4.53. The Balaban J connectivity index is 1.63. The van der Waals surface area contributed by atoms with E-state index in [9.17, 15) is 0 Å². The number of alkyl halides is 1. The number of sulfonamides is 1. The summed E-state index contributed by atoms with van der Waals surface area (Å²) in [4.78, 5) is 49.5. The molecule has 3 aromatic rings. The summed E-state index contributed by atoms with van der Waals surface area (Å²) in [5.74, 6) is -4.20. The second kappa shape index (κ2) is 17.3. The number of amides is 4. The van der Waals surface area contributed by atoms with E-state index in [1.54, 1.807) is 17.0 Å². The molecule has 1 aliphatic carbocycles. The van der Waals surface area contributed by atoms with Crippen molar-refractivity contribution in [2.24, 2.45) is 17.8 Å². The fourth-order valence-corrected chi connectivity index (χ4v) is 19.2. The van der Waals surface area contributed by atoms with Crippen molar-refractivity contribution < 1.29 is 31.7 Å². The molecule has 2 heterocycles. The summed E-state index contributed by atoms with van der Waals surface area (Å²) < 4.78 is 45.6. The molecule has 0 unspecified atom stereocenters. The summed E-state index contributed by atoms with van der Waals surface area (Å²) in [5, 5.41) is -1.32. The molecule has 1 spiro atoms. The Kier molecular flexibility index (Phi) is 13.4. The molecule has 61 heavy (non-hydrogen) atoms. The van der Waals surface area contributed by atoms with Gasteiger partial charge in [-0.25, -0.2) is 17.5 Å². The second-order valence-electron chi connectivity index (χ2n) is 19.9. The molecule has 0 bridgehead atoms. The lowest BCUT2D eigenvalue weighted by Gasteiger charge is -2.46. The molecule has 0 N–H and O–H groups in total. The average molecular weight is 909 g/mol. The quantitative estimate of drug-likeness (QED) is 0.0848. The van der Waals surface area contributed by atoms with Crippen molar-refractivity contribution in [1.29, 1.82) is 0 Å². The molecule has 3 aliphatic rings. The Hall–Kier alpha value is -3.34. The highest BCUT2D eigenvalue weighted by molar-refractivity contribution is 7.89. The van der Waals surface area contributed by atoms with Gasteiger partial charge in [0.2, 0.25) is 5.91 Å². The molecule has 332 valence electrons. The lowest BCUT2D eigenvalue weighted by Crippen LogP contribution is -2.63. The van der Waals surface area contributed by atoms with E-state index >= 15 is 22.8 Å². The van der Waals surface area contributed by atoms with Crippen LogP contribution in [-0.2, 0) is 41.6 Å². The maximum absolute atomic E-state index is 15.9. The monoisotopic (exact) mass is 907 g/mol. The molecule has 14 heteroatoms. The van der Waals surface area contributed by atoms with E-state index in [-0.39, 0.29) is 52.9 Å². The second-order valence-corrected chi connectivity index (χ2v) is 32.4. The van der Waals surface area contributed by atoms with E-state index in [0.29, 0.717) is 0 Å². The van der Waals surface area contributed by atoms with Crippen molar-refractivity contribution in [3.8, 4) is 0 Å². The molecule has 2 aliphatic heterocycles. The van der Waals surface area contributed by atoms with Gasteiger partial charge in [-0.15, -0.1) is 11.6 Å². The zero-order valence-corrected chi connectivity index (χ0v) is 41.6. The van der Waals surface area contributed by atoms with Crippen molar-refractivity contribution in [1.82, 2.24) is 14.1 Å². The highest BCUT2D eigenvalue weighted by atomic mass is 35.5. The Morgan fingerprint density at radius 2 is 1.26 bits per heavy atom. The van der Waals surface area contributed by atoms with E-state index in [1.807, 2.05) is 67.6 Å². The first-order chi connectivity index (χ1) is 28.5. The van der Waals surface area contributed by atoms with E-state index in [1.165, 1.54) is 17.0 Å². The fraction of sp³-hybridized carbons (Fsp3) is 0.553. The van der Waals surface area contributed by atoms with Crippen LogP contribution in [0.2, 0.25) is 34.8 Å². The third-order valence-electron chi connectivity index (χ3n) is 14.5. The first-order valence-corrected chi connectivity index (χ1v) is 28.7. The normalized spacial score (nSPS) is 25.0. The van der Waals surface area contributed by atoms with Crippen LogP contribution in [0, 0.1) is 24.7 Å². The van der Waals surface area contributed by atoms with Crippen molar-refractivity contribution >= 4 is 56.1 Å². The molecular weight excluding hydrogens is 842 g/mol. The molecule has 3 fully saturated rings. The van der Waals surface area contributed by atoms with E-state index in [2.05, 4.69) is 75.4 Å². The first kappa shape index (κ1) is 47.1. The van der Waals surface area contributed by atoms with Crippen molar-refractivity contribution in [2.45, 2.75) is 139 Å². The van der Waals surface area contributed by atoms with Gasteiger partial charge < -0.3 is 13.8 Å². The third kappa shape index (κ3) is 7.98. The standard InChI is InChI=1S/C47H66ClN3O7SSi2/c1-31(2)61(32(3)4,33(5)6)58-30-39-41-40(43(52)51(39)59(55,56)37-25-23-34(7)24-26-37)38(29-57-60(11,12)46(8,9)10)42(48)47(41)44(53)49(27-35-19-15-13-16-20-35)45(54)50(47)28-36-21-17-14-18-22-36/h13-26,31-33,38-42H,27-30H2,1-12H3/t38-,39+,40+,41+,42+,47+/m0/s1. The molecule has 0 radical (unpaired) electrons. The summed E-state index contributed by atoms with van der Waals surface area (Å²) in [6, 6.07) is 23.4. The minimum absolute atomic E-state index is 0.00726. The Morgan fingerprint density at radius 3 is 1.75 bits per heavy atom. The number of carbonyl (C=O) groups excluding carboxylic acids is 3. The van der Waals surface area contributed by atoms with Crippen LogP contribution < -0.4 is 0 Å². The number of hydrogen-bond donors (Lipinski definition) is 0. The number of rotatable bonds is 15. The van der Waals surface area contributed by atoms with Crippen LogP contribution in [-0.4, -0.2) is 87.2 Å². The van der Waals surface area contributed by atoms with E-state index in [0.717, 1.165) is 21.0 Å². The molecule has 3 aromatic carbocycles. The SMILES string of the molecule is Cc1ccc(S(=O)(=O)N2C(=O)[C@@H]3[C@H](CO[Si](C)(C)C(C)(C)C)[C@@H](Cl)[C@@]4(C(=O)N(Cc5ccccc5)C(=O)N4Cc4ccccc4)[C@@H]3[C@H]2CO[Si](C(C)C)(C(C)C)C(C)C)cc1. The zero-order chi connectivity index (χ0) is 45.0. The van der Waals surface area contributed by atoms with Crippen LogP contribution in [0.5, 0.6) is 0 Å². The highest BCUT2D eigenvalue weighted by Crippen LogP contribution is 2.61. The molecule has 6 rings (SSSR count). The summed E-state index contributed by atoms with van der Waals surface area (Å²) in [5.41, 5.74) is 0.924. The molecule has 0 aromatic heterocycles. The maximum atomic E-state index is 15.9. The largest absolute Gasteiger partial charge is 0.416 e. The van der Waals surface area contributed by atoms with Gasteiger partial charge in [-0.3, -0.25) is 14.5 Å². The fourth-order valence-electron chi connectivity index (χ4n) is 10.5. The van der Waals surface area contributed by atoms with Gasteiger partial charge in [-0.05, 0) is 64.9 Å². The molecule has 4 amide bonds. The number of carbonyl (C=O) groups is 3. The van der Waals surface area contributed by atoms with Crippen LogP contribution in [0.15, 0.2) is 89.8 Å². The Morgan fingerprint density at radius 1 is 0.754 bits per heavy atom. The molecule has 6 atom stereocenters. The smallest absolute Gasteiger partial charge is 0.328 e. The topological polar surface area (TPSA) is 114 Å². The van der Waals surface area contributed by atoms with Crippen molar-refractivity contribution in [3.05, 3.63) is 102 Å². The number of nitrogens with zero attached hydrogens (tertiary/aromatic N) is 3. The van der Waals surface area contributed by atoms with Crippen LogP contribution in [0.3, 0.4) is 0 Å². The van der Waals surface area contributed by atoms with Crippen LogP contribution >= 0.6 is 11.6 Å². The Labute approximate surface area is 371 Å². The highest BCUT2D eigenvalue weighted by Gasteiger charge is 2.79. The predicted molar refractivity (Wildman–Crippen MR) is 246 cm³/mol. The van der Waals surface area contributed by atoms with Gasteiger partial charge in [0.05, 0.1) is 35.4 Å². The van der Waals surface area contributed by atoms with Gasteiger partial charge in [0.15, 0.2) is 16.6 Å². The summed E-state index contributed by atoms with van der Waals surface area (Å²) >= 11 is 7.89. The number of imide groups is 1. The zero-order valence-electron chi connectivity index (χ0n) is 38.0. The van der Waals surface area contributed by atoms with Gasteiger partial charge >= 0.3 is 6.03 Å². The number of aryl methyl sites for hydroxylation is 1. The summed E-state index contributed by atoms with van der Waals surface area (Å²) in [6.07, 6.45) is 0. The van der Waals surface area contributed by atoms with Gasteiger partial charge in [-0.2, -0.15) is 0 Å². The lowest BCUT2D eigenvalue weighted by molar-refractivity contribution is -0.136. The molecule has 2 saturated heterocycles. The van der Waals surface area contributed by atoms with E-state index < -0.39 is 79.2 Å². The molecular formula is C47H66ClN3O7SSi2. The predicted octanol–water partition coefficient (Wildman–Crippen LogP) is 9.98. The summed E-state index contributed by atoms with van der Waals surface area (Å²) in [6.45, 7) is 25.2. The average Bonchev–Trinajstić information content (AvgIpc) is 3.70. The van der Waals surface area contributed by atoms with Crippen molar-refractivity contribution in [2.75, 3.05) is 13.2 Å². The Bertz CT molecular complexity index is 2160. The van der Waals surface area contributed by atoms with Gasteiger partial charge in [0.1, 0.15) is 5.54 Å². The van der Waals surface area contributed by atoms with Gasteiger partial charge in [0, 0.05) is 25.0 Å². The van der Waals surface area contributed by atoms with E-state index in [4.69, 9.17) is 20.5 Å². The van der Waals surface area contributed by atoms with Crippen molar-refractivity contribution in [3.63, 3.8) is 0 Å². The first-order valence-electron chi connectivity index (χ1n) is 21.7. The number of halogens is 1. The number of hydrogen-bond acceptors (Lipinski definition) is 7. The minimum Gasteiger partial charge on any atom is -0.416 e. The van der Waals surface area contributed by atoms with Gasteiger partial charge in [-0.1, -0.05) is 141 Å². The van der Waals surface area contributed by atoms with Crippen LogP contribution in [0.4, 0.5) is 4.79 Å². The summed E-state index contributed by atoms with van der Waals surface area (Å²) in [7, 11) is -9.74. The number of fused-ring (bicyclic) bond motifs is 2. The maximum Gasteiger partial charge on any atom is 0.328 e. The van der Waals surface area contributed by atoms with Gasteiger partial charge in [0.25, 0.3) is 15.9 Å². The number of urea groups is 1. The lowest BCUT2D eigenvalue weighted by atomic mass is 9.78. The van der Waals surface area contributed by atoms with Crippen LogP contribution in [0.1, 0.15) is 79.0 Å². The number of benzene rings is 3. The molecule has 1 saturated carbocycles.